The number of nitrogens with two attached hydrogens (primary N) is 1. The van der Waals surface area contributed by atoms with Gasteiger partial charge in [0.25, 0.3) is 11.5 Å². The van der Waals surface area contributed by atoms with Crippen molar-refractivity contribution < 1.29 is 4.79 Å². The lowest BCUT2D eigenvalue weighted by molar-refractivity contribution is 0.0993. The van der Waals surface area contributed by atoms with E-state index in [2.05, 4.69) is 15.2 Å². The van der Waals surface area contributed by atoms with Gasteiger partial charge in [0.1, 0.15) is 0 Å². The van der Waals surface area contributed by atoms with E-state index in [0.717, 1.165) is 0 Å². The van der Waals surface area contributed by atoms with Crippen molar-refractivity contribution in [3.8, 4) is 11.4 Å². The Morgan fingerprint density at radius 2 is 1.88 bits per heavy atom. The number of hydrogen-bond acceptors (Lipinski definition) is 4. The standard InChI is InChI=1S/C10H7ClN4O2/c11-6-3-1-5(2-4-6)9-13-10(17)7(8(12)16)14-15-9/h1-4H,(H2,12,16)(H,13,15,17). The summed E-state index contributed by atoms with van der Waals surface area (Å²) in [4.78, 5) is 24.7. The zero-order chi connectivity index (χ0) is 12.4. The number of nitrogens with one attached hydrogen (secondary N) is 1. The number of benzene rings is 1. The molecule has 1 aromatic carbocycles. The molecule has 2 rings (SSSR count). The molecule has 3 N–H and O–H groups in total. The van der Waals surface area contributed by atoms with Crippen molar-refractivity contribution in [1.82, 2.24) is 15.2 Å². The molecular weight excluding hydrogens is 244 g/mol. The Kier molecular flexibility index (Phi) is 2.88. The molecule has 0 radical (unpaired) electrons. The largest absolute Gasteiger partial charge is 0.364 e. The summed E-state index contributed by atoms with van der Waals surface area (Å²) in [5.41, 5.74) is 4.50. The van der Waals surface area contributed by atoms with Gasteiger partial charge in [-0.25, -0.2) is 0 Å². The van der Waals surface area contributed by atoms with E-state index in [1.807, 2.05) is 0 Å². The first-order valence-electron chi connectivity index (χ1n) is 4.60. The maximum absolute atomic E-state index is 11.4. The van der Waals surface area contributed by atoms with Gasteiger partial charge < -0.3 is 10.7 Å². The number of H-pyrrole nitrogens is 1. The van der Waals surface area contributed by atoms with Crippen molar-refractivity contribution >= 4 is 17.5 Å². The fourth-order valence-electron chi connectivity index (χ4n) is 1.24. The van der Waals surface area contributed by atoms with E-state index in [4.69, 9.17) is 17.3 Å². The van der Waals surface area contributed by atoms with Crippen LogP contribution in [0.3, 0.4) is 0 Å². The van der Waals surface area contributed by atoms with Crippen LogP contribution in [-0.4, -0.2) is 21.1 Å². The van der Waals surface area contributed by atoms with Crippen LogP contribution >= 0.6 is 11.6 Å². The number of carbonyl (C=O) groups is 1. The molecule has 86 valence electrons. The van der Waals surface area contributed by atoms with Crippen molar-refractivity contribution in [3.63, 3.8) is 0 Å². The second-order valence-electron chi connectivity index (χ2n) is 3.22. The van der Waals surface area contributed by atoms with Crippen molar-refractivity contribution in [2.45, 2.75) is 0 Å². The number of primary amides is 1. The first-order chi connectivity index (χ1) is 8.08. The van der Waals surface area contributed by atoms with Crippen molar-refractivity contribution in [2.75, 3.05) is 0 Å². The van der Waals surface area contributed by atoms with Gasteiger partial charge in [0.05, 0.1) is 0 Å². The molecule has 2 aromatic rings. The third-order valence-electron chi connectivity index (χ3n) is 2.05. The molecule has 1 aromatic heterocycles. The summed E-state index contributed by atoms with van der Waals surface area (Å²) >= 11 is 5.73. The summed E-state index contributed by atoms with van der Waals surface area (Å²) in [6.45, 7) is 0. The quantitative estimate of drug-likeness (QED) is 0.814. The van der Waals surface area contributed by atoms with Crippen LogP contribution in [0.4, 0.5) is 0 Å². The summed E-state index contributed by atoms with van der Waals surface area (Å²) in [6.07, 6.45) is 0. The lowest BCUT2D eigenvalue weighted by Crippen LogP contribution is -2.26. The third-order valence-corrected chi connectivity index (χ3v) is 2.30. The maximum atomic E-state index is 11.4. The molecule has 0 aliphatic rings. The van der Waals surface area contributed by atoms with E-state index in [1.165, 1.54) is 0 Å². The molecule has 1 amide bonds. The van der Waals surface area contributed by atoms with E-state index in [9.17, 15) is 9.59 Å². The van der Waals surface area contributed by atoms with Crippen LogP contribution in [0, 0.1) is 0 Å². The van der Waals surface area contributed by atoms with Crippen LogP contribution in [0.5, 0.6) is 0 Å². The van der Waals surface area contributed by atoms with Crippen molar-refractivity contribution in [2.24, 2.45) is 5.73 Å². The average Bonchev–Trinajstić information content (AvgIpc) is 2.29. The molecule has 0 saturated carbocycles. The van der Waals surface area contributed by atoms with Crippen LogP contribution in [0.1, 0.15) is 10.5 Å². The Balaban J connectivity index is 2.48. The highest BCUT2D eigenvalue weighted by molar-refractivity contribution is 6.30. The van der Waals surface area contributed by atoms with Gasteiger partial charge >= 0.3 is 0 Å². The SMILES string of the molecule is NC(=O)c1nnc(-c2ccc(Cl)cc2)[nH]c1=O. The number of aromatic nitrogens is 3. The van der Waals surface area contributed by atoms with Gasteiger partial charge in [-0.3, -0.25) is 9.59 Å². The van der Waals surface area contributed by atoms with Gasteiger partial charge in [-0.1, -0.05) is 11.6 Å². The fourth-order valence-corrected chi connectivity index (χ4v) is 1.36. The second-order valence-corrected chi connectivity index (χ2v) is 3.66. The zero-order valence-electron chi connectivity index (χ0n) is 8.48. The van der Waals surface area contributed by atoms with Gasteiger partial charge in [0.2, 0.25) is 5.69 Å². The Labute approximate surface area is 100 Å². The molecule has 1 heterocycles. The summed E-state index contributed by atoms with van der Waals surface area (Å²) in [7, 11) is 0. The fraction of sp³-hybridized carbons (Fsp3) is 0. The first kappa shape index (κ1) is 11.3. The predicted molar refractivity (Wildman–Crippen MR) is 61.6 cm³/mol. The Morgan fingerprint density at radius 3 is 2.41 bits per heavy atom. The highest BCUT2D eigenvalue weighted by atomic mass is 35.5. The van der Waals surface area contributed by atoms with Gasteiger partial charge in [-0.05, 0) is 24.3 Å². The van der Waals surface area contributed by atoms with Gasteiger partial charge in [0, 0.05) is 10.6 Å². The van der Waals surface area contributed by atoms with Gasteiger partial charge in [-0.15, -0.1) is 10.2 Å². The molecule has 0 aliphatic carbocycles. The molecule has 0 atom stereocenters. The smallest absolute Gasteiger partial charge is 0.283 e. The topological polar surface area (TPSA) is 102 Å². The van der Waals surface area contributed by atoms with E-state index in [0.29, 0.717) is 10.6 Å². The summed E-state index contributed by atoms with van der Waals surface area (Å²) in [5, 5.41) is 7.75. The van der Waals surface area contributed by atoms with Crippen LogP contribution < -0.4 is 11.3 Å². The monoisotopic (exact) mass is 250 g/mol. The molecule has 0 bridgehead atoms. The summed E-state index contributed by atoms with van der Waals surface area (Å²) < 4.78 is 0. The predicted octanol–water partition coefficient (Wildman–Crippen LogP) is 0.584. The van der Waals surface area contributed by atoms with E-state index < -0.39 is 17.2 Å². The average molecular weight is 251 g/mol. The molecule has 0 fully saturated rings. The number of aromatic amines is 1. The van der Waals surface area contributed by atoms with Crippen molar-refractivity contribution in [1.29, 1.82) is 0 Å². The second kappa shape index (κ2) is 4.34. The first-order valence-corrected chi connectivity index (χ1v) is 4.98. The molecular formula is C10H7ClN4O2. The number of amides is 1. The highest BCUT2D eigenvalue weighted by Crippen LogP contribution is 2.16. The number of hydrogen-bond donors (Lipinski definition) is 2. The lowest BCUT2D eigenvalue weighted by Gasteiger charge is -2.00. The number of nitrogens with zero attached hydrogens (tertiary/aromatic N) is 2. The molecule has 0 aliphatic heterocycles. The Hall–Kier alpha value is -2.21. The maximum Gasteiger partial charge on any atom is 0.283 e. The van der Waals surface area contributed by atoms with Crippen LogP contribution in [-0.2, 0) is 0 Å². The van der Waals surface area contributed by atoms with Crippen LogP contribution in [0.2, 0.25) is 5.02 Å². The summed E-state index contributed by atoms with van der Waals surface area (Å²) in [6, 6.07) is 6.65. The Bertz CT molecular complexity index is 621. The molecule has 6 nitrogen and oxygen atoms in total. The molecule has 7 heteroatoms. The number of carbonyl (C=O) groups excluding carboxylic acids is 1. The van der Waals surface area contributed by atoms with Gasteiger partial charge in [0.15, 0.2) is 5.82 Å². The van der Waals surface area contributed by atoms with Crippen molar-refractivity contribution in [3.05, 3.63) is 45.3 Å². The molecule has 0 saturated heterocycles. The minimum absolute atomic E-state index is 0.247. The molecule has 17 heavy (non-hydrogen) atoms. The highest BCUT2D eigenvalue weighted by Gasteiger charge is 2.10. The minimum atomic E-state index is -0.915. The van der Waals surface area contributed by atoms with E-state index in [1.54, 1.807) is 24.3 Å². The minimum Gasteiger partial charge on any atom is -0.364 e. The normalized spacial score (nSPS) is 10.2. The molecule has 0 spiro atoms. The number of halogens is 1. The molecule has 0 unspecified atom stereocenters. The van der Waals surface area contributed by atoms with Gasteiger partial charge in [-0.2, -0.15) is 0 Å². The lowest BCUT2D eigenvalue weighted by atomic mass is 10.2. The summed E-state index contributed by atoms with van der Waals surface area (Å²) in [5.74, 6) is -0.668. The number of rotatable bonds is 2. The van der Waals surface area contributed by atoms with E-state index in [-0.39, 0.29) is 5.82 Å². The Morgan fingerprint density at radius 1 is 1.24 bits per heavy atom. The zero-order valence-corrected chi connectivity index (χ0v) is 9.23. The van der Waals surface area contributed by atoms with Crippen LogP contribution in [0.25, 0.3) is 11.4 Å². The third kappa shape index (κ3) is 2.31. The van der Waals surface area contributed by atoms with E-state index >= 15 is 0 Å². The van der Waals surface area contributed by atoms with Crippen LogP contribution in [0.15, 0.2) is 29.1 Å².